The van der Waals surface area contributed by atoms with Crippen LogP contribution in [-0.2, 0) is 0 Å². The summed E-state index contributed by atoms with van der Waals surface area (Å²) in [6.07, 6.45) is 0.513. The van der Waals surface area contributed by atoms with Crippen molar-refractivity contribution in [3.63, 3.8) is 0 Å². The molecule has 3 rings (SSSR count). The molecule has 1 N–H and O–H groups in total. The van der Waals surface area contributed by atoms with Crippen LogP contribution in [0.3, 0.4) is 0 Å². The minimum absolute atomic E-state index is 0.178. The summed E-state index contributed by atoms with van der Waals surface area (Å²) in [5.41, 5.74) is 2.11. The number of rotatable bonds is 1. The molecule has 0 spiro atoms. The van der Waals surface area contributed by atoms with Crippen molar-refractivity contribution in [3.05, 3.63) is 53.5 Å². The van der Waals surface area contributed by atoms with Crippen molar-refractivity contribution in [1.29, 1.82) is 0 Å². The molecular weight excluding hydrogens is 256 g/mol. The second-order valence-electron chi connectivity index (χ2n) is 4.68. The van der Waals surface area contributed by atoms with Crippen LogP contribution in [0.2, 0.25) is 0 Å². The monoisotopic (exact) mass is 270 g/mol. The number of amides is 1. The fraction of sp³-hybridized carbons (Fsp3) is 0.200. The van der Waals surface area contributed by atoms with E-state index in [1.165, 1.54) is 0 Å². The Morgan fingerprint density at radius 3 is 2.80 bits per heavy atom. The molecule has 0 atom stereocenters. The van der Waals surface area contributed by atoms with Gasteiger partial charge in [0, 0.05) is 18.5 Å². The zero-order valence-electron chi connectivity index (χ0n) is 11.0. The van der Waals surface area contributed by atoms with Gasteiger partial charge in [0.25, 0.3) is 5.91 Å². The number of oxime groups is 1. The van der Waals surface area contributed by atoms with Gasteiger partial charge >= 0.3 is 0 Å². The van der Waals surface area contributed by atoms with Crippen molar-refractivity contribution >= 4 is 17.3 Å². The molecule has 0 radical (unpaired) electrons. The highest BCUT2D eigenvalue weighted by Gasteiger charge is 2.28. The predicted molar refractivity (Wildman–Crippen MR) is 74.5 cm³/mol. The van der Waals surface area contributed by atoms with Crippen molar-refractivity contribution < 1.29 is 14.4 Å². The number of aryl methyl sites for hydroxylation is 1. The summed E-state index contributed by atoms with van der Waals surface area (Å²) in [4.78, 5) is 14.2. The van der Waals surface area contributed by atoms with Crippen molar-refractivity contribution in [1.82, 2.24) is 0 Å². The number of benzene rings is 1. The van der Waals surface area contributed by atoms with E-state index in [2.05, 4.69) is 5.16 Å². The van der Waals surface area contributed by atoms with Crippen LogP contribution in [0.1, 0.15) is 28.3 Å². The second-order valence-corrected chi connectivity index (χ2v) is 4.68. The summed E-state index contributed by atoms with van der Waals surface area (Å²) >= 11 is 0. The van der Waals surface area contributed by atoms with Crippen LogP contribution in [-0.4, -0.2) is 23.4 Å². The van der Waals surface area contributed by atoms with Crippen molar-refractivity contribution in [2.45, 2.75) is 13.3 Å². The molecule has 1 aromatic heterocycles. The van der Waals surface area contributed by atoms with E-state index < -0.39 is 0 Å². The maximum atomic E-state index is 12.5. The third-order valence-electron chi connectivity index (χ3n) is 3.39. The number of hydrogen-bond acceptors (Lipinski definition) is 4. The third kappa shape index (κ3) is 1.97. The Morgan fingerprint density at radius 1 is 1.30 bits per heavy atom. The number of nitrogens with zero attached hydrogens (tertiary/aromatic N) is 2. The fourth-order valence-electron chi connectivity index (χ4n) is 2.42. The van der Waals surface area contributed by atoms with E-state index in [9.17, 15) is 4.79 Å². The van der Waals surface area contributed by atoms with E-state index in [1.807, 2.05) is 24.3 Å². The second kappa shape index (κ2) is 4.85. The highest BCUT2D eigenvalue weighted by Crippen LogP contribution is 2.28. The molecule has 0 unspecified atom stereocenters. The summed E-state index contributed by atoms with van der Waals surface area (Å²) in [5.74, 6) is 0.848. The van der Waals surface area contributed by atoms with Gasteiger partial charge in [0.15, 0.2) is 5.76 Å². The third-order valence-corrected chi connectivity index (χ3v) is 3.39. The minimum atomic E-state index is -0.178. The van der Waals surface area contributed by atoms with E-state index in [0.717, 1.165) is 11.3 Å². The largest absolute Gasteiger partial charge is 0.456 e. The fourth-order valence-corrected chi connectivity index (χ4v) is 2.42. The SMILES string of the molecule is Cc1ccc(C(=O)N2CCC(=NO)c3ccccc32)o1. The summed E-state index contributed by atoms with van der Waals surface area (Å²) in [7, 11) is 0. The highest BCUT2D eigenvalue weighted by atomic mass is 16.4. The van der Waals surface area contributed by atoms with Gasteiger partial charge in [-0.3, -0.25) is 4.79 Å². The summed E-state index contributed by atoms with van der Waals surface area (Å²) in [5, 5.41) is 12.4. The van der Waals surface area contributed by atoms with Gasteiger partial charge in [-0.1, -0.05) is 23.4 Å². The lowest BCUT2D eigenvalue weighted by Crippen LogP contribution is -2.37. The molecule has 5 nitrogen and oxygen atoms in total. The van der Waals surface area contributed by atoms with E-state index in [-0.39, 0.29) is 5.91 Å². The first kappa shape index (κ1) is 12.5. The van der Waals surface area contributed by atoms with E-state index in [1.54, 1.807) is 24.0 Å². The van der Waals surface area contributed by atoms with E-state index in [4.69, 9.17) is 9.62 Å². The number of fused-ring (bicyclic) bond motifs is 1. The van der Waals surface area contributed by atoms with Crippen molar-refractivity contribution in [3.8, 4) is 0 Å². The molecule has 0 saturated carbocycles. The van der Waals surface area contributed by atoms with Crippen LogP contribution in [0.4, 0.5) is 5.69 Å². The maximum absolute atomic E-state index is 12.5. The minimum Gasteiger partial charge on any atom is -0.456 e. The molecule has 1 aliphatic rings. The number of anilines is 1. The summed E-state index contributed by atoms with van der Waals surface area (Å²) < 4.78 is 5.40. The molecule has 1 aromatic carbocycles. The Labute approximate surface area is 116 Å². The molecule has 0 bridgehead atoms. The first-order valence-corrected chi connectivity index (χ1v) is 6.39. The molecular formula is C15H14N2O3. The lowest BCUT2D eigenvalue weighted by molar-refractivity contribution is 0.0959. The molecule has 102 valence electrons. The molecule has 2 aromatic rings. The number of carbonyl (C=O) groups is 1. The molecule has 5 heteroatoms. The van der Waals surface area contributed by atoms with E-state index in [0.29, 0.717) is 30.2 Å². The zero-order chi connectivity index (χ0) is 14.1. The first-order valence-electron chi connectivity index (χ1n) is 6.39. The van der Waals surface area contributed by atoms with Gasteiger partial charge in [0.05, 0.1) is 11.4 Å². The van der Waals surface area contributed by atoms with Crippen LogP contribution >= 0.6 is 0 Å². The zero-order valence-corrected chi connectivity index (χ0v) is 11.0. The quantitative estimate of drug-likeness (QED) is 0.640. The molecule has 1 amide bonds. The lowest BCUT2D eigenvalue weighted by atomic mass is 9.99. The first-order chi connectivity index (χ1) is 9.70. The number of furan rings is 1. The van der Waals surface area contributed by atoms with E-state index >= 15 is 0 Å². The molecule has 0 aliphatic carbocycles. The maximum Gasteiger partial charge on any atom is 0.293 e. The van der Waals surface area contributed by atoms with Gasteiger partial charge < -0.3 is 14.5 Å². The average Bonchev–Trinajstić information content (AvgIpc) is 2.92. The van der Waals surface area contributed by atoms with Crippen LogP contribution in [0.5, 0.6) is 0 Å². The average molecular weight is 270 g/mol. The number of para-hydroxylation sites is 1. The molecule has 1 aliphatic heterocycles. The molecule has 0 fully saturated rings. The van der Waals surface area contributed by atoms with Crippen LogP contribution in [0.25, 0.3) is 0 Å². The number of hydrogen-bond donors (Lipinski definition) is 1. The predicted octanol–water partition coefficient (Wildman–Crippen LogP) is 2.82. The number of carbonyl (C=O) groups excluding carboxylic acids is 1. The highest BCUT2D eigenvalue weighted by molar-refractivity contribution is 6.14. The molecule has 2 heterocycles. The van der Waals surface area contributed by atoms with Crippen LogP contribution in [0, 0.1) is 6.92 Å². The topological polar surface area (TPSA) is 66.0 Å². The Morgan fingerprint density at radius 2 is 2.10 bits per heavy atom. The van der Waals surface area contributed by atoms with Gasteiger partial charge in [-0.05, 0) is 25.1 Å². The smallest absolute Gasteiger partial charge is 0.293 e. The normalized spacial score (nSPS) is 16.2. The van der Waals surface area contributed by atoms with Gasteiger partial charge in [0.1, 0.15) is 5.76 Å². The standard InChI is InChI=1S/C15H14N2O3/c1-10-6-7-14(20-10)15(18)17-9-8-12(16-19)11-4-2-3-5-13(11)17/h2-7,19H,8-9H2,1H3. The Hall–Kier alpha value is -2.56. The Balaban J connectivity index is 2.02. The lowest BCUT2D eigenvalue weighted by Gasteiger charge is -2.29. The van der Waals surface area contributed by atoms with Crippen molar-refractivity contribution in [2.75, 3.05) is 11.4 Å². The molecule has 20 heavy (non-hydrogen) atoms. The summed E-state index contributed by atoms with van der Waals surface area (Å²) in [6, 6.07) is 10.8. The van der Waals surface area contributed by atoms with Gasteiger partial charge in [-0.25, -0.2) is 0 Å². The van der Waals surface area contributed by atoms with Crippen LogP contribution < -0.4 is 4.90 Å². The Bertz CT molecular complexity index is 688. The summed E-state index contributed by atoms with van der Waals surface area (Å²) in [6.45, 7) is 2.27. The van der Waals surface area contributed by atoms with Crippen molar-refractivity contribution in [2.24, 2.45) is 5.16 Å². The van der Waals surface area contributed by atoms with Crippen LogP contribution in [0.15, 0.2) is 46.0 Å². The molecule has 0 saturated heterocycles. The van der Waals surface area contributed by atoms with Gasteiger partial charge in [0.2, 0.25) is 0 Å². The van der Waals surface area contributed by atoms with Gasteiger partial charge in [-0.2, -0.15) is 0 Å². The Kier molecular flexibility index (Phi) is 3.02. The van der Waals surface area contributed by atoms with Gasteiger partial charge in [-0.15, -0.1) is 0 Å².